The minimum absolute atomic E-state index is 0.242. The van der Waals surface area contributed by atoms with E-state index in [0.29, 0.717) is 23.2 Å². The summed E-state index contributed by atoms with van der Waals surface area (Å²) in [6.07, 6.45) is 2.48. The summed E-state index contributed by atoms with van der Waals surface area (Å²) in [6.45, 7) is 0.569. The maximum Gasteiger partial charge on any atom is 0.314 e. The molecule has 8 nitrogen and oxygen atoms in total. The summed E-state index contributed by atoms with van der Waals surface area (Å²) in [6, 6.07) is 19.8. The number of aryl methyl sites for hydroxylation is 2. The molecule has 132 valence electrons. The van der Waals surface area contributed by atoms with Gasteiger partial charge in [-0.25, -0.2) is 4.68 Å². The lowest BCUT2D eigenvalue weighted by Crippen LogP contribution is -2.31. The predicted octanol–water partition coefficient (Wildman–Crippen LogP) is 1.29. The molecule has 0 atom stereocenters. The van der Waals surface area contributed by atoms with Gasteiger partial charge in [0.05, 0.1) is 0 Å². The normalized spacial score (nSPS) is 11.4. The highest BCUT2D eigenvalue weighted by atomic mass is 16.1. The summed E-state index contributed by atoms with van der Waals surface area (Å²) >= 11 is 0. The van der Waals surface area contributed by atoms with Gasteiger partial charge in [0.1, 0.15) is 0 Å². The second-order valence-corrected chi connectivity index (χ2v) is 6.28. The Morgan fingerprint density at radius 1 is 1.00 bits per heavy atom. The molecule has 3 heterocycles. The zero-order valence-corrected chi connectivity index (χ0v) is 14.4. The number of fused-ring (bicyclic) bond motifs is 3. The van der Waals surface area contributed by atoms with Gasteiger partial charge in [0, 0.05) is 6.54 Å². The van der Waals surface area contributed by atoms with E-state index in [4.69, 9.17) is 0 Å². The Hall–Kier alpha value is -3.81. The number of para-hydroxylation sites is 1. The number of aromatic amines is 1. The zero-order chi connectivity index (χ0) is 18.2. The van der Waals surface area contributed by atoms with Crippen LogP contribution in [0.25, 0.3) is 22.4 Å². The molecule has 0 saturated carbocycles. The monoisotopic (exact) mass is 358 g/mol. The van der Waals surface area contributed by atoms with Crippen molar-refractivity contribution in [2.75, 3.05) is 0 Å². The number of nitrogens with zero attached hydrogens (tertiary/aromatic N) is 6. The molecule has 3 aromatic heterocycles. The molecule has 0 unspecified atom stereocenters. The summed E-state index contributed by atoms with van der Waals surface area (Å²) in [5, 5.41) is 15.8. The summed E-state index contributed by atoms with van der Waals surface area (Å²) in [7, 11) is 0. The molecule has 0 bridgehead atoms. The smallest absolute Gasteiger partial charge is 0.264 e. The molecule has 2 aromatic carbocycles. The van der Waals surface area contributed by atoms with Gasteiger partial charge in [-0.15, -0.1) is 5.10 Å². The Kier molecular flexibility index (Phi) is 3.53. The van der Waals surface area contributed by atoms with Crippen molar-refractivity contribution in [3.05, 3.63) is 82.9 Å². The molecule has 27 heavy (non-hydrogen) atoms. The number of benzene rings is 2. The Morgan fingerprint density at radius 2 is 1.74 bits per heavy atom. The first kappa shape index (κ1) is 15.4. The third-order valence-corrected chi connectivity index (χ3v) is 4.52. The lowest BCUT2D eigenvalue weighted by Gasteiger charge is -2.01. The first-order valence-corrected chi connectivity index (χ1v) is 8.65. The second-order valence-electron chi connectivity index (χ2n) is 6.28. The van der Waals surface area contributed by atoms with Gasteiger partial charge < -0.3 is 0 Å². The molecule has 0 aliphatic heterocycles. The van der Waals surface area contributed by atoms with Crippen LogP contribution >= 0.6 is 0 Å². The Morgan fingerprint density at radius 3 is 2.52 bits per heavy atom. The van der Waals surface area contributed by atoms with Crippen LogP contribution in [0.3, 0.4) is 0 Å². The maximum absolute atomic E-state index is 12.6. The third kappa shape index (κ3) is 2.67. The fraction of sp³-hybridized carbons (Fsp3) is 0.105. The molecule has 0 amide bonds. The van der Waals surface area contributed by atoms with Gasteiger partial charge in [0.25, 0.3) is 6.33 Å². The summed E-state index contributed by atoms with van der Waals surface area (Å²) in [4.78, 5) is 12.6. The molecular weight excluding hydrogens is 342 g/mol. The number of nitrogens with one attached hydrogen (secondary N) is 1. The second kappa shape index (κ2) is 6.17. The van der Waals surface area contributed by atoms with Crippen molar-refractivity contribution in [1.29, 1.82) is 0 Å². The van der Waals surface area contributed by atoms with Crippen LogP contribution in [0.2, 0.25) is 0 Å². The van der Waals surface area contributed by atoms with Gasteiger partial charge in [-0.05, 0) is 29.2 Å². The average molecular weight is 358 g/mol. The van der Waals surface area contributed by atoms with Gasteiger partial charge in [-0.2, -0.15) is 5.10 Å². The van der Waals surface area contributed by atoms with E-state index in [2.05, 4.69) is 32.6 Å². The summed E-state index contributed by atoms with van der Waals surface area (Å²) < 4.78 is 4.92. The van der Waals surface area contributed by atoms with Crippen molar-refractivity contribution in [3.8, 4) is 5.69 Å². The zero-order valence-electron chi connectivity index (χ0n) is 14.4. The van der Waals surface area contributed by atoms with E-state index in [1.165, 1.54) is 5.56 Å². The molecule has 1 N–H and O–H groups in total. The van der Waals surface area contributed by atoms with Crippen molar-refractivity contribution in [3.63, 3.8) is 0 Å². The van der Waals surface area contributed by atoms with E-state index in [0.717, 1.165) is 12.1 Å². The van der Waals surface area contributed by atoms with E-state index >= 15 is 0 Å². The van der Waals surface area contributed by atoms with Crippen LogP contribution in [0.1, 0.15) is 5.56 Å². The largest absolute Gasteiger partial charge is 0.314 e. The molecule has 0 radical (unpaired) electrons. The van der Waals surface area contributed by atoms with Crippen LogP contribution in [0.15, 0.2) is 71.8 Å². The van der Waals surface area contributed by atoms with Crippen molar-refractivity contribution < 1.29 is 4.68 Å². The molecule has 8 heteroatoms. The quantitative estimate of drug-likeness (QED) is 0.491. The average Bonchev–Trinajstić information content (AvgIpc) is 3.32. The first-order valence-electron chi connectivity index (χ1n) is 8.65. The van der Waals surface area contributed by atoms with Gasteiger partial charge in [0.15, 0.2) is 16.7 Å². The highest BCUT2D eigenvalue weighted by Crippen LogP contribution is 2.11. The molecule has 0 spiro atoms. The fourth-order valence-electron chi connectivity index (χ4n) is 3.18. The van der Waals surface area contributed by atoms with Crippen LogP contribution in [-0.4, -0.2) is 29.7 Å². The van der Waals surface area contributed by atoms with Crippen LogP contribution < -0.4 is 10.2 Å². The molecule has 0 aliphatic rings. The minimum atomic E-state index is -0.242. The minimum Gasteiger partial charge on any atom is -0.264 e. The molecular formula is C19H16N7O+. The van der Waals surface area contributed by atoms with Gasteiger partial charge in [0.2, 0.25) is 0 Å². The van der Waals surface area contributed by atoms with Crippen LogP contribution in [-0.2, 0) is 13.0 Å². The van der Waals surface area contributed by atoms with E-state index < -0.39 is 0 Å². The van der Waals surface area contributed by atoms with E-state index in [9.17, 15) is 4.79 Å². The van der Waals surface area contributed by atoms with E-state index in [-0.39, 0.29) is 5.56 Å². The number of hydrogen-bond donors (Lipinski definition) is 1. The Bertz CT molecular complexity index is 1290. The molecule has 5 rings (SSSR count). The van der Waals surface area contributed by atoms with E-state index in [1.54, 1.807) is 20.2 Å². The highest BCUT2D eigenvalue weighted by Gasteiger charge is 2.21. The molecule has 0 fully saturated rings. The maximum atomic E-state index is 12.6. The van der Waals surface area contributed by atoms with Crippen molar-refractivity contribution in [1.82, 2.24) is 29.7 Å². The van der Waals surface area contributed by atoms with Crippen molar-refractivity contribution >= 4 is 16.7 Å². The molecule has 0 aliphatic carbocycles. The third-order valence-electron chi connectivity index (χ3n) is 4.52. The van der Waals surface area contributed by atoms with Crippen LogP contribution in [0.5, 0.6) is 0 Å². The predicted molar refractivity (Wildman–Crippen MR) is 98.6 cm³/mol. The summed E-state index contributed by atoms with van der Waals surface area (Å²) in [5.74, 6) is 0. The lowest BCUT2D eigenvalue weighted by atomic mass is 10.1. The van der Waals surface area contributed by atoms with Gasteiger partial charge >= 0.3 is 11.2 Å². The standard InChI is InChI=1S/C19H15N7O/c27-19-17-16(20-23-24(17)12-11-14-7-3-1-4-8-14)18-21-25(13-26(18)22-19)15-9-5-2-6-10-15/h1-10,13H,11-12H2/p+1. The lowest BCUT2D eigenvalue weighted by molar-refractivity contribution is -0.655. The van der Waals surface area contributed by atoms with Crippen molar-refractivity contribution in [2.45, 2.75) is 13.0 Å². The number of H-pyrrole nitrogens is 1. The topological polar surface area (TPSA) is 84.8 Å². The van der Waals surface area contributed by atoms with Gasteiger partial charge in [-0.1, -0.05) is 62.9 Å². The highest BCUT2D eigenvalue weighted by molar-refractivity contribution is 5.85. The SMILES string of the molecule is O=c1[nH]n2c[n+](-c3ccccc3)nc2c2nnn(CCc3ccccc3)c12. The fourth-order valence-corrected chi connectivity index (χ4v) is 3.18. The van der Waals surface area contributed by atoms with Crippen LogP contribution in [0.4, 0.5) is 0 Å². The number of aromatic nitrogens is 7. The van der Waals surface area contributed by atoms with Gasteiger partial charge in [-0.3, -0.25) is 4.79 Å². The van der Waals surface area contributed by atoms with E-state index in [1.807, 2.05) is 48.5 Å². The Balaban J connectivity index is 1.59. The molecule has 0 saturated heterocycles. The number of rotatable bonds is 4. The first-order chi connectivity index (χ1) is 13.3. The molecule has 5 aromatic rings. The number of hydrogen-bond acceptors (Lipinski definition) is 4. The van der Waals surface area contributed by atoms with Crippen molar-refractivity contribution in [2.24, 2.45) is 0 Å². The summed E-state index contributed by atoms with van der Waals surface area (Å²) in [5.41, 5.74) is 3.31. The van der Waals surface area contributed by atoms with Crippen LogP contribution in [0, 0.1) is 0 Å². The Labute approximate surface area is 153 Å².